The molecule has 4 aromatic rings. The minimum Gasteiger partial charge on any atom is -0.496 e. The van der Waals surface area contributed by atoms with Crippen LogP contribution in [0.3, 0.4) is 0 Å². The van der Waals surface area contributed by atoms with Crippen molar-refractivity contribution in [1.82, 2.24) is 29.2 Å². The minimum atomic E-state index is -0.0316. The van der Waals surface area contributed by atoms with E-state index < -0.39 is 0 Å². The van der Waals surface area contributed by atoms with Gasteiger partial charge in [0, 0.05) is 81.3 Å². The van der Waals surface area contributed by atoms with Crippen molar-refractivity contribution in [3.63, 3.8) is 0 Å². The van der Waals surface area contributed by atoms with Crippen LogP contribution in [0.2, 0.25) is 0 Å². The average Bonchev–Trinajstić information content (AvgIpc) is 4.04. The van der Waals surface area contributed by atoms with Gasteiger partial charge in [0.2, 0.25) is 5.91 Å². The standard InChI is InChI=1S/C25H33N3O4.C20H27N3O3/c1-26(2)13-21-22(31-4)11-17(12-23(21)32-5)19-14-27(3)25(30)20-15-28(9-8-18(19)20)24(29)10-16-6-7-16;1-22(2)11-17-18(25-4)8-13(9-19(17)26-5)16-12-23(3)20(24)15-10-21-7-6-14(15)16/h11-12,14,16H,6-10,13,15H2,1-5H3;8-9,12,21H,6-7,10-11H2,1-5H3. The Kier molecular flexibility index (Phi) is 13.3. The topological polar surface area (TPSA) is 120 Å². The van der Waals surface area contributed by atoms with Gasteiger partial charge in [-0.3, -0.25) is 14.4 Å². The molecule has 1 N–H and O–H groups in total. The zero-order valence-corrected chi connectivity index (χ0v) is 35.9. The zero-order chi connectivity index (χ0) is 41.8. The first kappa shape index (κ1) is 42.5. The molecule has 0 atom stereocenters. The summed E-state index contributed by atoms with van der Waals surface area (Å²) in [5.74, 6) is 3.82. The minimum absolute atomic E-state index is 0.0316. The van der Waals surface area contributed by atoms with E-state index in [1.165, 1.54) is 0 Å². The average molecular weight is 797 g/mol. The summed E-state index contributed by atoms with van der Waals surface area (Å²) in [7, 11) is 18.3. The molecule has 4 heterocycles. The van der Waals surface area contributed by atoms with Crippen molar-refractivity contribution < 1.29 is 23.7 Å². The van der Waals surface area contributed by atoms with Gasteiger partial charge in [0.05, 0.1) is 46.1 Å². The molecule has 1 saturated carbocycles. The number of methoxy groups -OCH3 is 4. The van der Waals surface area contributed by atoms with Gasteiger partial charge in [-0.05, 0) is 113 Å². The fraction of sp³-hybridized carbons (Fsp3) is 0.489. The molecule has 3 aliphatic rings. The van der Waals surface area contributed by atoms with E-state index >= 15 is 0 Å². The molecule has 13 heteroatoms. The van der Waals surface area contributed by atoms with E-state index in [1.807, 2.05) is 69.7 Å². The van der Waals surface area contributed by atoms with E-state index in [1.54, 1.807) is 51.7 Å². The van der Waals surface area contributed by atoms with E-state index in [2.05, 4.69) is 15.1 Å². The lowest BCUT2D eigenvalue weighted by Gasteiger charge is -2.30. The molecule has 7 rings (SSSR count). The van der Waals surface area contributed by atoms with Crippen LogP contribution in [0.1, 0.15) is 52.6 Å². The van der Waals surface area contributed by atoms with Crippen LogP contribution >= 0.6 is 0 Å². The van der Waals surface area contributed by atoms with E-state index in [0.717, 1.165) is 111 Å². The molecule has 1 amide bonds. The number of amides is 1. The first-order valence-corrected chi connectivity index (χ1v) is 20.0. The fourth-order valence-corrected chi connectivity index (χ4v) is 8.16. The Bertz CT molecular complexity index is 2220. The summed E-state index contributed by atoms with van der Waals surface area (Å²) >= 11 is 0. The number of hydrogen-bond donors (Lipinski definition) is 1. The number of fused-ring (bicyclic) bond motifs is 2. The van der Waals surface area contributed by atoms with Gasteiger partial charge in [-0.2, -0.15) is 0 Å². The molecule has 2 aromatic heterocycles. The second-order valence-electron chi connectivity index (χ2n) is 16.2. The predicted molar refractivity (Wildman–Crippen MR) is 227 cm³/mol. The van der Waals surface area contributed by atoms with Gasteiger partial charge in [-0.15, -0.1) is 0 Å². The smallest absolute Gasteiger partial charge is 0.255 e. The first-order valence-electron chi connectivity index (χ1n) is 20.0. The molecule has 312 valence electrons. The highest BCUT2D eigenvalue weighted by Crippen LogP contribution is 2.40. The van der Waals surface area contributed by atoms with Crippen molar-refractivity contribution in [3.8, 4) is 45.3 Å². The van der Waals surface area contributed by atoms with Gasteiger partial charge in [0.15, 0.2) is 0 Å². The van der Waals surface area contributed by atoms with E-state index in [-0.39, 0.29) is 17.0 Å². The van der Waals surface area contributed by atoms with Crippen LogP contribution in [0.15, 0.2) is 46.2 Å². The number of carbonyl (C=O) groups is 1. The highest BCUT2D eigenvalue weighted by molar-refractivity contribution is 5.78. The number of nitrogens with one attached hydrogen (secondary N) is 1. The van der Waals surface area contributed by atoms with Crippen LogP contribution in [0.25, 0.3) is 22.3 Å². The lowest BCUT2D eigenvalue weighted by atomic mass is 9.91. The maximum atomic E-state index is 13.0. The second kappa shape index (κ2) is 18.2. The summed E-state index contributed by atoms with van der Waals surface area (Å²) in [5, 5.41) is 3.30. The molecule has 1 aliphatic carbocycles. The van der Waals surface area contributed by atoms with Crippen molar-refractivity contribution in [3.05, 3.63) is 90.7 Å². The molecule has 13 nitrogen and oxygen atoms in total. The van der Waals surface area contributed by atoms with Gasteiger partial charge >= 0.3 is 0 Å². The van der Waals surface area contributed by atoms with Crippen molar-refractivity contribution in [1.29, 1.82) is 0 Å². The van der Waals surface area contributed by atoms with Crippen LogP contribution in [-0.4, -0.2) is 99.5 Å². The molecule has 0 spiro atoms. The predicted octanol–water partition coefficient (Wildman–Crippen LogP) is 4.59. The molecule has 0 bridgehead atoms. The van der Waals surface area contributed by atoms with E-state index in [0.29, 0.717) is 44.9 Å². The lowest BCUT2D eigenvalue weighted by molar-refractivity contribution is -0.132. The molecule has 2 aromatic carbocycles. The molecule has 1 fully saturated rings. The quantitative estimate of drug-likeness (QED) is 0.218. The van der Waals surface area contributed by atoms with Crippen molar-refractivity contribution in [2.75, 3.05) is 69.7 Å². The Hall–Kier alpha value is -5.11. The second-order valence-corrected chi connectivity index (χ2v) is 16.2. The third-order valence-corrected chi connectivity index (χ3v) is 11.3. The molecular weight excluding hydrogens is 737 g/mol. The number of rotatable bonds is 12. The van der Waals surface area contributed by atoms with Crippen LogP contribution in [0.4, 0.5) is 0 Å². The highest BCUT2D eigenvalue weighted by atomic mass is 16.5. The molecule has 0 unspecified atom stereocenters. The Labute approximate surface area is 342 Å². The molecule has 0 radical (unpaired) electrons. The third kappa shape index (κ3) is 9.11. The first-order chi connectivity index (χ1) is 27.8. The normalized spacial score (nSPS) is 14.7. The highest BCUT2D eigenvalue weighted by Gasteiger charge is 2.31. The number of benzene rings is 2. The maximum Gasteiger partial charge on any atom is 0.255 e. The zero-order valence-electron chi connectivity index (χ0n) is 35.9. The molecule has 0 saturated heterocycles. The van der Waals surface area contributed by atoms with E-state index in [9.17, 15) is 14.4 Å². The van der Waals surface area contributed by atoms with Gasteiger partial charge in [-0.25, -0.2) is 0 Å². The van der Waals surface area contributed by atoms with E-state index in [4.69, 9.17) is 18.9 Å². The maximum absolute atomic E-state index is 13.0. The molecular formula is C45H60N6O7. The fourth-order valence-electron chi connectivity index (χ4n) is 8.16. The summed E-state index contributed by atoms with van der Waals surface area (Å²) < 4.78 is 26.0. The van der Waals surface area contributed by atoms with Gasteiger partial charge in [-0.1, -0.05) is 0 Å². The summed E-state index contributed by atoms with van der Waals surface area (Å²) in [4.78, 5) is 44.2. The Balaban J connectivity index is 0.000000200. The van der Waals surface area contributed by atoms with Crippen LogP contribution < -0.4 is 35.4 Å². The third-order valence-electron chi connectivity index (χ3n) is 11.3. The molecule has 2 aliphatic heterocycles. The summed E-state index contributed by atoms with van der Waals surface area (Å²) in [6.45, 7) is 3.93. The van der Waals surface area contributed by atoms with Crippen molar-refractivity contribution in [2.45, 2.75) is 58.3 Å². The number of aromatic nitrogens is 2. The number of aryl methyl sites for hydroxylation is 2. The number of hydrogen-bond acceptors (Lipinski definition) is 10. The van der Waals surface area contributed by atoms with Crippen LogP contribution in [-0.2, 0) is 57.9 Å². The van der Waals surface area contributed by atoms with Crippen LogP contribution in [0, 0.1) is 5.92 Å². The lowest BCUT2D eigenvalue weighted by Crippen LogP contribution is -2.40. The number of ether oxygens (including phenoxy) is 4. The monoisotopic (exact) mass is 796 g/mol. The summed E-state index contributed by atoms with van der Waals surface area (Å²) in [6.07, 6.45) is 8.23. The summed E-state index contributed by atoms with van der Waals surface area (Å²) in [6, 6.07) is 8.13. The molecule has 58 heavy (non-hydrogen) atoms. The number of pyridine rings is 2. The Morgan fingerprint density at radius 3 is 1.57 bits per heavy atom. The van der Waals surface area contributed by atoms with Crippen molar-refractivity contribution in [2.24, 2.45) is 20.0 Å². The summed E-state index contributed by atoms with van der Waals surface area (Å²) in [5.41, 5.74) is 9.77. The number of nitrogens with zero attached hydrogens (tertiary/aromatic N) is 5. The Morgan fingerprint density at radius 2 is 1.14 bits per heavy atom. The largest absolute Gasteiger partial charge is 0.496 e. The van der Waals surface area contributed by atoms with Gasteiger partial charge in [0.25, 0.3) is 11.1 Å². The Morgan fingerprint density at radius 1 is 0.690 bits per heavy atom. The van der Waals surface area contributed by atoms with Crippen LogP contribution in [0.5, 0.6) is 23.0 Å². The van der Waals surface area contributed by atoms with Crippen molar-refractivity contribution >= 4 is 5.91 Å². The van der Waals surface area contributed by atoms with Gasteiger partial charge in [0.1, 0.15) is 23.0 Å². The van der Waals surface area contributed by atoms with Gasteiger partial charge < -0.3 is 48.1 Å². The number of carbonyl (C=O) groups excluding carboxylic acids is 1. The SMILES string of the molecule is COc1cc(-c2cn(C)c(=O)c3c2CCN(C(=O)CC2CC2)C3)cc(OC)c1CN(C)C.COc1cc(-c2cn(C)c(=O)c3c2CCNC3)cc(OC)c1CN(C)C.